The van der Waals surface area contributed by atoms with Gasteiger partial charge in [-0.1, -0.05) is 30.3 Å². The molecule has 0 saturated carbocycles. The molecule has 0 radical (unpaired) electrons. The van der Waals surface area contributed by atoms with Crippen LogP contribution in [0.3, 0.4) is 0 Å². The summed E-state index contributed by atoms with van der Waals surface area (Å²) in [5, 5.41) is 28.0. The summed E-state index contributed by atoms with van der Waals surface area (Å²) < 4.78 is 1.30. The normalized spacial score (nSPS) is 13.3. The number of benzene rings is 1. The predicted octanol–water partition coefficient (Wildman–Crippen LogP) is 1.52. The van der Waals surface area contributed by atoms with Gasteiger partial charge in [-0.15, -0.1) is 0 Å². The van der Waals surface area contributed by atoms with Gasteiger partial charge in [0.1, 0.15) is 17.9 Å². The number of aryl methyl sites for hydroxylation is 1. The van der Waals surface area contributed by atoms with Gasteiger partial charge in [0.05, 0.1) is 17.1 Å². The fourth-order valence-electron chi connectivity index (χ4n) is 2.67. The van der Waals surface area contributed by atoms with Gasteiger partial charge < -0.3 is 10.4 Å². The molecule has 0 bridgehead atoms. The molecule has 0 spiro atoms. The number of carbonyl (C=O) groups is 1. The lowest BCUT2D eigenvalue weighted by molar-refractivity contribution is -0.386. The van der Waals surface area contributed by atoms with Crippen molar-refractivity contribution in [3.8, 4) is 0 Å². The first-order chi connectivity index (χ1) is 11.8. The number of amides is 1. The molecule has 0 aliphatic carbocycles. The highest BCUT2D eigenvalue weighted by atomic mass is 16.6. The molecule has 2 aromatic rings. The molecular formula is C17H22N4O4. The van der Waals surface area contributed by atoms with Crippen molar-refractivity contribution in [2.75, 3.05) is 0 Å². The third kappa shape index (κ3) is 4.63. The van der Waals surface area contributed by atoms with Crippen LogP contribution in [0.15, 0.2) is 30.3 Å². The molecule has 134 valence electrons. The molecular weight excluding hydrogens is 324 g/mol. The highest BCUT2D eigenvalue weighted by molar-refractivity contribution is 5.76. The van der Waals surface area contributed by atoms with E-state index in [1.165, 1.54) is 11.6 Å². The topological polar surface area (TPSA) is 110 Å². The fourth-order valence-corrected chi connectivity index (χ4v) is 2.67. The Morgan fingerprint density at radius 1 is 1.36 bits per heavy atom. The quantitative estimate of drug-likeness (QED) is 0.583. The lowest BCUT2D eigenvalue weighted by Gasteiger charge is -2.20. The summed E-state index contributed by atoms with van der Waals surface area (Å²) in [6.07, 6.45) is -0.311. The van der Waals surface area contributed by atoms with Gasteiger partial charge in [-0.25, -0.2) is 0 Å². The van der Waals surface area contributed by atoms with Gasteiger partial charge in [-0.3, -0.25) is 19.6 Å². The Morgan fingerprint density at radius 3 is 2.56 bits per heavy atom. The third-order valence-corrected chi connectivity index (χ3v) is 4.07. The Kier molecular flexibility index (Phi) is 5.87. The van der Waals surface area contributed by atoms with Gasteiger partial charge in [0.2, 0.25) is 5.91 Å². The van der Waals surface area contributed by atoms with Crippen molar-refractivity contribution in [3.05, 3.63) is 57.4 Å². The number of nitrogens with one attached hydrogen (secondary N) is 1. The molecule has 2 rings (SSSR count). The van der Waals surface area contributed by atoms with Gasteiger partial charge in [-0.05, 0) is 26.3 Å². The number of nitrogens with zero attached hydrogens (tertiary/aromatic N) is 3. The molecule has 25 heavy (non-hydrogen) atoms. The van der Waals surface area contributed by atoms with Crippen molar-refractivity contribution in [1.82, 2.24) is 15.1 Å². The maximum atomic E-state index is 12.2. The number of rotatable bonds is 7. The largest absolute Gasteiger partial charge is 0.391 e. The molecule has 2 N–H and O–H groups in total. The lowest BCUT2D eigenvalue weighted by Crippen LogP contribution is -2.43. The van der Waals surface area contributed by atoms with E-state index >= 15 is 0 Å². The maximum absolute atomic E-state index is 12.2. The van der Waals surface area contributed by atoms with Gasteiger partial charge in [0.15, 0.2) is 0 Å². The zero-order valence-electron chi connectivity index (χ0n) is 14.5. The van der Waals surface area contributed by atoms with Crippen molar-refractivity contribution in [2.24, 2.45) is 0 Å². The van der Waals surface area contributed by atoms with Gasteiger partial charge in [0.25, 0.3) is 0 Å². The summed E-state index contributed by atoms with van der Waals surface area (Å²) in [7, 11) is 0. The van der Waals surface area contributed by atoms with Crippen LogP contribution in [-0.4, -0.2) is 37.9 Å². The van der Waals surface area contributed by atoms with Crippen molar-refractivity contribution >= 4 is 11.6 Å². The molecule has 8 heteroatoms. The number of carbonyl (C=O) groups excluding carboxylic acids is 1. The molecule has 1 heterocycles. The average Bonchev–Trinajstić information content (AvgIpc) is 2.82. The van der Waals surface area contributed by atoms with Gasteiger partial charge in [0, 0.05) is 6.42 Å². The molecule has 2 unspecified atom stereocenters. The summed E-state index contributed by atoms with van der Waals surface area (Å²) >= 11 is 0. The first kappa shape index (κ1) is 18.6. The van der Waals surface area contributed by atoms with E-state index in [9.17, 15) is 20.0 Å². The smallest absolute Gasteiger partial charge is 0.312 e. The Bertz CT molecular complexity index is 758. The monoisotopic (exact) mass is 346 g/mol. The van der Waals surface area contributed by atoms with Crippen LogP contribution in [0.1, 0.15) is 23.9 Å². The Hall–Kier alpha value is -2.74. The van der Waals surface area contributed by atoms with E-state index in [4.69, 9.17) is 0 Å². The Labute approximate surface area is 145 Å². The van der Waals surface area contributed by atoms with E-state index in [1.807, 2.05) is 30.3 Å². The Morgan fingerprint density at radius 2 is 2.00 bits per heavy atom. The zero-order chi connectivity index (χ0) is 18.6. The lowest BCUT2D eigenvalue weighted by atomic mass is 10.0. The summed E-state index contributed by atoms with van der Waals surface area (Å²) in [6, 6.07) is 9.04. The van der Waals surface area contributed by atoms with Gasteiger partial charge in [-0.2, -0.15) is 5.10 Å². The molecule has 0 aliphatic heterocycles. The summed E-state index contributed by atoms with van der Waals surface area (Å²) in [5.74, 6) is -0.361. The summed E-state index contributed by atoms with van der Waals surface area (Å²) in [4.78, 5) is 22.7. The van der Waals surface area contributed by atoms with E-state index in [2.05, 4.69) is 10.4 Å². The van der Waals surface area contributed by atoms with E-state index < -0.39 is 17.1 Å². The molecule has 8 nitrogen and oxygen atoms in total. The number of aliphatic hydroxyl groups excluding tert-OH is 1. The van der Waals surface area contributed by atoms with Crippen LogP contribution in [0.5, 0.6) is 0 Å². The maximum Gasteiger partial charge on any atom is 0.312 e. The SMILES string of the molecule is Cc1nn(CC(=O)NC(C)C(O)Cc2ccccc2)c(C)c1[N+](=O)[O-]. The molecule has 0 fully saturated rings. The van der Waals surface area contributed by atoms with Crippen molar-refractivity contribution in [3.63, 3.8) is 0 Å². The van der Waals surface area contributed by atoms with Crippen molar-refractivity contribution in [1.29, 1.82) is 0 Å². The first-order valence-electron chi connectivity index (χ1n) is 7.99. The molecule has 0 saturated heterocycles. The van der Waals surface area contributed by atoms with Crippen molar-refractivity contribution < 1.29 is 14.8 Å². The first-order valence-corrected chi connectivity index (χ1v) is 7.99. The fraction of sp³-hybridized carbons (Fsp3) is 0.412. The standard InChI is InChI=1S/C17H22N4O4/c1-11(15(22)9-14-7-5-4-6-8-14)18-16(23)10-20-13(3)17(21(24)25)12(2)19-20/h4-8,11,15,22H,9-10H2,1-3H3,(H,18,23). The molecule has 1 amide bonds. The minimum Gasteiger partial charge on any atom is -0.391 e. The average molecular weight is 346 g/mol. The number of aliphatic hydroxyl groups is 1. The van der Waals surface area contributed by atoms with Crippen molar-refractivity contribution in [2.45, 2.75) is 45.9 Å². The zero-order valence-corrected chi connectivity index (χ0v) is 14.5. The predicted molar refractivity (Wildman–Crippen MR) is 92.1 cm³/mol. The highest BCUT2D eigenvalue weighted by Gasteiger charge is 2.23. The highest BCUT2D eigenvalue weighted by Crippen LogP contribution is 2.21. The van der Waals surface area contributed by atoms with Crippen LogP contribution < -0.4 is 5.32 Å². The minimum absolute atomic E-state index is 0.0787. The molecule has 1 aromatic heterocycles. The summed E-state index contributed by atoms with van der Waals surface area (Å²) in [5.41, 5.74) is 1.50. The summed E-state index contributed by atoms with van der Waals surface area (Å²) in [6.45, 7) is 4.67. The van der Waals surface area contributed by atoms with E-state index in [-0.39, 0.29) is 23.8 Å². The third-order valence-electron chi connectivity index (χ3n) is 4.07. The second kappa shape index (κ2) is 7.89. The second-order valence-corrected chi connectivity index (χ2v) is 6.05. The van der Waals surface area contributed by atoms with Crippen LogP contribution >= 0.6 is 0 Å². The Balaban J connectivity index is 1.95. The number of hydrogen-bond acceptors (Lipinski definition) is 5. The second-order valence-electron chi connectivity index (χ2n) is 6.05. The molecule has 2 atom stereocenters. The number of aromatic nitrogens is 2. The van der Waals surface area contributed by atoms with E-state index in [1.54, 1.807) is 13.8 Å². The van der Waals surface area contributed by atoms with Crippen LogP contribution in [-0.2, 0) is 17.8 Å². The minimum atomic E-state index is -0.735. The molecule has 0 aliphatic rings. The number of hydrogen-bond donors (Lipinski definition) is 2. The van der Waals surface area contributed by atoms with Crippen LogP contribution in [0.2, 0.25) is 0 Å². The van der Waals surface area contributed by atoms with Crippen LogP contribution in [0, 0.1) is 24.0 Å². The molecule has 1 aromatic carbocycles. The van der Waals surface area contributed by atoms with Crippen LogP contribution in [0.4, 0.5) is 5.69 Å². The van der Waals surface area contributed by atoms with Gasteiger partial charge >= 0.3 is 5.69 Å². The van der Waals surface area contributed by atoms with Crippen LogP contribution in [0.25, 0.3) is 0 Å². The van der Waals surface area contributed by atoms with E-state index in [0.717, 1.165) is 5.56 Å². The van der Waals surface area contributed by atoms with E-state index in [0.29, 0.717) is 12.1 Å². The number of nitro groups is 1.